The van der Waals surface area contributed by atoms with E-state index in [0.717, 1.165) is 44.1 Å². The summed E-state index contributed by atoms with van der Waals surface area (Å²) in [7, 11) is 0. The van der Waals surface area contributed by atoms with Gasteiger partial charge in [0.05, 0.1) is 23.8 Å². The number of hydrogen-bond acceptors (Lipinski definition) is 13. The molecule has 18 N–H and O–H groups in total. The summed E-state index contributed by atoms with van der Waals surface area (Å²) in [6.45, 7) is 9.67. The Bertz CT molecular complexity index is 2460. The molecule has 86 heavy (non-hydrogen) atoms. The van der Waals surface area contributed by atoms with E-state index in [2.05, 4.69) is 58.5 Å². The van der Waals surface area contributed by atoms with Crippen LogP contribution in [0.15, 0.2) is 30.3 Å². The van der Waals surface area contributed by atoms with Crippen LogP contribution in [0.1, 0.15) is 169 Å². The summed E-state index contributed by atoms with van der Waals surface area (Å²) >= 11 is 0. The largest absolute Gasteiger partial charge is 0.370 e. The van der Waals surface area contributed by atoms with Gasteiger partial charge < -0.3 is 75.7 Å². The molecule has 4 fully saturated rings. The van der Waals surface area contributed by atoms with Crippen LogP contribution in [-0.2, 0) is 54.4 Å². The molecule has 0 unspecified atom stereocenters. The molecule has 1 saturated heterocycles. The quantitative estimate of drug-likeness (QED) is 0.0254. The third kappa shape index (κ3) is 23.4. The van der Waals surface area contributed by atoms with Crippen LogP contribution in [0.4, 0.5) is 0 Å². The predicted molar refractivity (Wildman–Crippen MR) is 326 cm³/mol. The third-order valence-electron chi connectivity index (χ3n) is 17.1. The third-order valence-corrected chi connectivity index (χ3v) is 17.1. The van der Waals surface area contributed by atoms with Crippen LogP contribution in [0.5, 0.6) is 0 Å². The van der Waals surface area contributed by atoms with Gasteiger partial charge in [0, 0.05) is 70.0 Å². The molecule has 5 rings (SSSR count). The van der Waals surface area contributed by atoms with Gasteiger partial charge in [0.1, 0.15) is 23.7 Å². The van der Waals surface area contributed by atoms with Crippen molar-refractivity contribution < 1.29 is 47.9 Å². The second-order valence-electron chi connectivity index (χ2n) is 25.3. The van der Waals surface area contributed by atoms with E-state index in [9.17, 15) is 47.9 Å². The number of amides is 10. The number of hydrogen-bond donors (Lipinski definition) is 15. The van der Waals surface area contributed by atoms with E-state index in [1.54, 1.807) is 13.8 Å². The first-order chi connectivity index (χ1) is 40.9. The van der Waals surface area contributed by atoms with Crippen molar-refractivity contribution in [2.24, 2.45) is 46.8 Å². The maximum atomic E-state index is 14.3. The summed E-state index contributed by atoms with van der Waals surface area (Å²) in [6, 6.07) is 3.25. The Morgan fingerprint density at radius 1 is 0.628 bits per heavy atom. The first-order valence-electron chi connectivity index (χ1n) is 31.4. The summed E-state index contributed by atoms with van der Waals surface area (Å²) in [5.74, 6) is -6.42. The molecule has 25 nitrogen and oxygen atoms in total. The van der Waals surface area contributed by atoms with Gasteiger partial charge >= 0.3 is 0 Å². The normalized spacial score (nSPS) is 22.2. The molecule has 10 amide bonds. The van der Waals surface area contributed by atoms with Gasteiger partial charge in [-0.15, -0.1) is 0 Å². The van der Waals surface area contributed by atoms with E-state index in [4.69, 9.17) is 22.6 Å². The molecule has 0 aromatic heterocycles. The van der Waals surface area contributed by atoms with E-state index in [0.29, 0.717) is 90.3 Å². The lowest BCUT2D eigenvalue weighted by atomic mass is 9.84. The van der Waals surface area contributed by atoms with Crippen LogP contribution >= 0.6 is 0 Å². The van der Waals surface area contributed by atoms with Crippen LogP contribution in [0.2, 0.25) is 0 Å². The van der Waals surface area contributed by atoms with Gasteiger partial charge in [0.15, 0.2) is 5.96 Å². The molecule has 11 atom stereocenters. The Labute approximate surface area is 507 Å². The van der Waals surface area contributed by atoms with Crippen molar-refractivity contribution in [2.75, 3.05) is 26.2 Å². The molecular formula is C61H101N15O10. The zero-order chi connectivity index (χ0) is 62.9. The molecule has 1 heterocycles. The van der Waals surface area contributed by atoms with Gasteiger partial charge in [-0.1, -0.05) is 89.1 Å². The lowest BCUT2D eigenvalue weighted by Crippen LogP contribution is -2.58. The highest BCUT2D eigenvalue weighted by atomic mass is 16.2. The summed E-state index contributed by atoms with van der Waals surface area (Å²) in [6.07, 6.45) is 11.2. The highest BCUT2D eigenvalue weighted by Gasteiger charge is 2.41. The van der Waals surface area contributed by atoms with Crippen molar-refractivity contribution in [2.45, 2.75) is 223 Å². The number of primary amides is 1. The number of carbonyl (C=O) groups excluding carboxylic acids is 10. The van der Waals surface area contributed by atoms with Gasteiger partial charge in [-0.25, -0.2) is 0 Å². The Morgan fingerprint density at radius 3 is 1.84 bits per heavy atom. The van der Waals surface area contributed by atoms with E-state index in [1.807, 2.05) is 44.2 Å². The van der Waals surface area contributed by atoms with Crippen molar-refractivity contribution in [1.82, 2.24) is 58.5 Å². The molecule has 0 radical (unpaired) electrons. The molecule has 0 spiro atoms. The number of guanidine groups is 1. The molecule has 480 valence electrons. The maximum Gasteiger partial charge on any atom is 0.245 e. The number of rotatable bonds is 34. The smallest absolute Gasteiger partial charge is 0.245 e. The van der Waals surface area contributed by atoms with Crippen molar-refractivity contribution in [3.63, 3.8) is 0 Å². The monoisotopic (exact) mass is 1200 g/mol. The topological polar surface area (TPSA) is 405 Å². The lowest BCUT2D eigenvalue weighted by molar-refractivity contribution is -0.134. The second-order valence-corrected chi connectivity index (χ2v) is 25.3. The molecule has 1 aliphatic heterocycles. The molecule has 1 aromatic carbocycles. The Balaban J connectivity index is 1.23. The Morgan fingerprint density at radius 2 is 1.22 bits per heavy atom. The minimum Gasteiger partial charge on any atom is -0.370 e. The van der Waals surface area contributed by atoms with E-state index < -0.39 is 113 Å². The van der Waals surface area contributed by atoms with Crippen molar-refractivity contribution in [1.29, 1.82) is 5.41 Å². The predicted octanol–water partition coefficient (Wildman–Crippen LogP) is 0.516. The van der Waals surface area contributed by atoms with Crippen molar-refractivity contribution in [3.05, 3.63) is 35.9 Å². The first-order valence-corrected chi connectivity index (χ1v) is 31.4. The fraction of sp³-hybridized carbons (Fsp3) is 0.721. The molecule has 25 heteroatoms. The van der Waals surface area contributed by atoms with Crippen molar-refractivity contribution >= 4 is 65.0 Å². The van der Waals surface area contributed by atoms with Gasteiger partial charge in [0.25, 0.3) is 0 Å². The maximum absolute atomic E-state index is 14.3. The highest BCUT2D eigenvalue weighted by molar-refractivity contribution is 5.94. The molecular weight excluding hydrogens is 1100 g/mol. The average Bonchev–Trinajstić information content (AvgIpc) is 3.69. The van der Waals surface area contributed by atoms with Gasteiger partial charge in [-0.2, -0.15) is 0 Å². The van der Waals surface area contributed by atoms with Crippen LogP contribution in [-0.4, -0.2) is 145 Å². The molecule has 1 aromatic rings. The highest BCUT2D eigenvalue weighted by Crippen LogP contribution is 2.30. The average molecular weight is 1200 g/mol. The van der Waals surface area contributed by atoms with E-state index in [-0.39, 0.29) is 67.9 Å². The molecule has 0 bridgehead atoms. The molecule has 3 saturated carbocycles. The van der Waals surface area contributed by atoms with Gasteiger partial charge in [-0.3, -0.25) is 53.4 Å². The summed E-state index contributed by atoms with van der Waals surface area (Å²) < 4.78 is 0. The van der Waals surface area contributed by atoms with Crippen LogP contribution < -0.4 is 75.7 Å². The van der Waals surface area contributed by atoms with Crippen LogP contribution in [0.3, 0.4) is 0 Å². The SMILES string of the molecule is CC(=O)N[C@H]1CCC[C@@H]1C(=O)N[C@@H](CCCCN)C(=O)N[C@H](CC(=O)NC(C)(C)C(=O)N[C@H](CC(=O)N[C@@H](CCCNC(=N)N)C(=O)N[C@H]1CCC[C@@H]1C(=O)N[C@@H](Cc1ccccc1)C(=O)N[C@H]1CNC[C@@H]1C(N)=O)CC(C)C)CC1CCCCC1. The number of nitrogens with one attached hydrogen (secondary N) is 12. The minimum atomic E-state index is -1.49. The lowest BCUT2D eigenvalue weighted by Gasteiger charge is -2.31. The molecule has 3 aliphatic carbocycles. The number of benzene rings is 1. The standard InChI is InChI=1S/C61H101N15O10/c1-36(2)29-40(70-59(86)61(4,5)76-52(79)33-41(30-38-17-8-6-9-18-38)69-56(83)48(23-12-13-27-62)73-54(81)42-21-14-24-45(42)68-37(3)77)32-51(78)71-47(26-16-28-67-60(64)65)57(84)72-46-25-15-22-43(46)55(82)74-49(31-39-19-10-7-11-20-39)58(85)75-50-35-66-34-44(50)53(63)80/h7,10-11,19-20,36,38,40-50,66H,6,8-9,12-18,21-35,62H2,1-5H3,(H2,63,80)(H,68,77)(H,69,83)(H,70,86)(H,71,78)(H,72,84)(H,73,81)(H,74,82)(H,75,85)(H,76,79)(H4,64,65,67)/t40-,41-,42-,43-,44-,45-,46-,47-,48-,49-,50-/m0/s1. The summed E-state index contributed by atoms with van der Waals surface area (Å²) in [4.78, 5) is 137. The van der Waals surface area contributed by atoms with Crippen molar-refractivity contribution in [3.8, 4) is 0 Å². The number of nitrogens with two attached hydrogens (primary N) is 3. The van der Waals surface area contributed by atoms with Crippen LogP contribution in [0.25, 0.3) is 0 Å². The number of carbonyl (C=O) groups is 10. The Hall–Kier alpha value is -6.89. The van der Waals surface area contributed by atoms with E-state index >= 15 is 0 Å². The summed E-state index contributed by atoms with van der Waals surface area (Å²) in [5, 5.41) is 39.9. The number of unbranched alkanes of at least 4 members (excludes halogenated alkanes) is 1. The van der Waals surface area contributed by atoms with Gasteiger partial charge in [-0.05, 0) is 108 Å². The first kappa shape index (κ1) is 69.9. The fourth-order valence-electron chi connectivity index (χ4n) is 12.6. The van der Waals surface area contributed by atoms with Crippen LogP contribution in [0, 0.1) is 35.0 Å². The zero-order valence-electron chi connectivity index (χ0n) is 51.4. The second kappa shape index (κ2) is 35.1. The zero-order valence-corrected chi connectivity index (χ0v) is 51.4. The Kier molecular flexibility index (Phi) is 28.5. The van der Waals surface area contributed by atoms with E-state index in [1.165, 1.54) is 6.92 Å². The fourth-order valence-corrected chi connectivity index (χ4v) is 12.6. The van der Waals surface area contributed by atoms with Gasteiger partial charge in [0.2, 0.25) is 59.1 Å². The summed E-state index contributed by atoms with van der Waals surface area (Å²) in [5.41, 5.74) is 16.3. The molecule has 4 aliphatic rings. The minimum absolute atomic E-state index is 0.00279.